The second-order valence-corrected chi connectivity index (χ2v) is 8.62. The third kappa shape index (κ3) is 5.03. The van der Waals surface area contributed by atoms with E-state index in [4.69, 9.17) is 13.9 Å². The maximum absolute atomic E-state index is 13.9. The van der Waals surface area contributed by atoms with Crippen LogP contribution in [-0.4, -0.2) is 47.9 Å². The molecule has 3 heterocycles. The molecule has 0 saturated carbocycles. The Morgan fingerprint density at radius 1 is 1.00 bits per heavy atom. The summed E-state index contributed by atoms with van der Waals surface area (Å²) in [6.07, 6.45) is 2.99. The molecule has 182 valence electrons. The molecule has 2 aromatic carbocycles. The first-order valence-corrected chi connectivity index (χ1v) is 11.6. The molecule has 0 bridgehead atoms. The highest BCUT2D eigenvalue weighted by atomic mass is 19.1. The van der Waals surface area contributed by atoms with Crippen LogP contribution in [0.25, 0.3) is 11.3 Å². The molecule has 7 nitrogen and oxygen atoms in total. The number of hydrogen-bond donors (Lipinski definition) is 0. The van der Waals surface area contributed by atoms with Crippen LogP contribution >= 0.6 is 0 Å². The van der Waals surface area contributed by atoms with E-state index in [9.17, 15) is 18.4 Å². The van der Waals surface area contributed by atoms with Crippen LogP contribution in [0.1, 0.15) is 35.5 Å². The van der Waals surface area contributed by atoms with Gasteiger partial charge in [0.05, 0.1) is 11.8 Å². The van der Waals surface area contributed by atoms with Gasteiger partial charge in [0.25, 0.3) is 0 Å². The number of aromatic nitrogens is 1. The van der Waals surface area contributed by atoms with Crippen molar-refractivity contribution in [3.05, 3.63) is 65.7 Å². The van der Waals surface area contributed by atoms with Gasteiger partial charge < -0.3 is 18.8 Å². The third-order valence-corrected chi connectivity index (χ3v) is 6.35. The number of carbonyl (C=O) groups excluding carboxylic acids is 2. The highest BCUT2D eigenvalue weighted by molar-refractivity contribution is 5.98. The van der Waals surface area contributed by atoms with E-state index in [1.54, 1.807) is 23.1 Å². The standard InChI is InChI=1S/C26H24F2N2O5/c27-18-2-3-19(20(28)14-18)23-15-29-24(35-23)5-6-25(31)30-9-7-16(8-10-30)26(32)17-1-4-21-22(13-17)34-12-11-33-21/h1-4,13-16H,5-12H2. The van der Waals surface area contributed by atoms with Gasteiger partial charge in [0.15, 0.2) is 28.9 Å². The van der Waals surface area contributed by atoms with E-state index in [0.717, 1.165) is 12.1 Å². The van der Waals surface area contributed by atoms with Crippen LogP contribution in [0.15, 0.2) is 47.0 Å². The zero-order valence-corrected chi connectivity index (χ0v) is 19.0. The van der Waals surface area contributed by atoms with Crippen molar-refractivity contribution in [2.24, 2.45) is 5.92 Å². The van der Waals surface area contributed by atoms with Crippen LogP contribution in [-0.2, 0) is 11.2 Å². The van der Waals surface area contributed by atoms with Crippen molar-refractivity contribution in [1.82, 2.24) is 9.88 Å². The smallest absolute Gasteiger partial charge is 0.223 e. The number of ketones is 1. The number of oxazole rings is 1. The van der Waals surface area contributed by atoms with Gasteiger partial charge in [0, 0.05) is 43.5 Å². The molecule has 0 unspecified atom stereocenters. The lowest BCUT2D eigenvalue weighted by atomic mass is 9.88. The van der Waals surface area contributed by atoms with Crippen LogP contribution in [0.4, 0.5) is 8.78 Å². The Morgan fingerprint density at radius 2 is 1.77 bits per heavy atom. The average Bonchev–Trinajstić information content (AvgIpc) is 3.35. The molecule has 2 aliphatic heterocycles. The average molecular weight is 482 g/mol. The number of Topliss-reactive ketones (excluding diaryl/α,β-unsaturated/α-hetero) is 1. The van der Waals surface area contributed by atoms with Gasteiger partial charge in [0.1, 0.15) is 24.8 Å². The Labute approximate surface area is 200 Å². The number of ether oxygens (including phenoxy) is 2. The second-order valence-electron chi connectivity index (χ2n) is 8.62. The molecule has 2 aliphatic rings. The predicted octanol–water partition coefficient (Wildman–Crippen LogP) is 4.45. The molecule has 3 aromatic rings. The van der Waals surface area contributed by atoms with Crippen LogP contribution in [0.3, 0.4) is 0 Å². The van der Waals surface area contributed by atoms with Gasteiger partial charge in [-0.25, -0.2) is 13.8 Å². The fraction of sp³-hybridized carbons (Fsp3) is 0.346. The van der Waals surface area contributed by atoms with E-state index < -0.39 is 11.6 Å². The maximum atomic E-state index is 13.9. The number of carbonyl (C=O) groups is 2. The van der Waals surface area contributed by atoms with Gasteiger partial charge in [-0.2, -0.15) is 0 Å². The summed E-state index contributed by atoms with van der Waals surface area (Å²) in [5, 5.41) is 0. The molecule has 0 aliphatic carbocycles. The molecule has 1 saturated heterocycles. The highest BCUT2D eigenvalue weighted by Gasteiger charge is 2.29. The molecular formula is C26H24F2N2O5. The van der Waals surface area contributed by atoms with Crippen molar-refractivity contribution in [3.8, 4) is 22.8 Å². The minimum absolute atomic E-state index is 0.0504. The maximum Gasteiger partial charge on any atom is 0.223 e. The Kier molecular flexibility index (Phi) is 6.48. The monoisotopic (exact) mass is 482 g/mol. The van der Waals surface area contributed by atoms with Gasteiger partial charge in [0.2, 0.25) is 5.91 Å². The number of piperidine rings is 1. The number of rotatable bonds is 6. The highest BCUT2D eigenvalue weighted by Crippen LogP contribution is 2.33. The van der Waals surface area contributed by atoms with E-state index in [1.165, 1.54) is 12.3 Å². The molecular weight excluding hydrogens is 458 g/mol. The van der Waals surface area contributed by atoms with Crippen LogP contribution in [0.2, 0.25) is 0 Å². The normalized spacial score (nSPS) is 15.8. The summed E-state index contributed by atoms with van der Waals surface area (Å²) in [6, 6.07) is 8.47. The van der Waals surface area contributed by atoms with Gasteiger partial charge in [-0.05, 0) is 43.2 Å². The third-order valence-electron chi connectivity index (χ3n) is 6.35. The zero-order valence-electron chi connectivity index (χ0n) is 19.0. The predicted molar refractivity (Wildman–Crippen MR) is 121 cm³/mol. The molecule has 9 heteroatoms. The van der Waals surface area contributed by atoms with Crippen molar-refractivity contribution in [1.29, 1.82) is 0 Å². The Balaban J connectivity index is 1.12. The van der Waals surface area contributed by atoms with E-state index in [1.807, 2.05) is 0 Å². The van der Waals surface area contributed by atoms with E-state index in [0.29, 0.717) is 62.1 Å². The number of amides is 1. The summed E-state index contributed by atoms with van der Waals surface area (Å²) in [7, 11) is 0. The van der Waals surface area contributed by atoms with Crippen LogP contribution in [0, 0.1) is 17.6 Å². The lowest BCUT2D eigenvalue weighted by Gasteiger charge is -2.31. The van der Waals surface area contributed by atoms with Crippen molar-refractivity contribution >= 4 is 11.7 Å². The van der Waals surface area contributed by atoms with Crippen molar-refractivity contribution < 1.29 is 32.3 Å². The topological polar surface area (TPSA) is 81.9 Å². The molecule has 1 aromatic heterocycles. The number of halogens is 2. The van der Waals surface area contributed by atoms with Crippen molar-refractivity contribution in [2.75, 3.05) is 26.3 Å². The van der Waals surface area contributed by atoms with E-state index >= 15 is 0 Å². The number of nitrogens with zero attached hydrogens (tertiary/aromatic N) is 2. The molecule has 0 N–H and O–H groups in total. The lowest BCUT2D eigenvalue weighted by Crippen LogP contribution is -2.40. The largest absolute Gasteiger partial charge is 0.486 e. The molecule has 0 atom stereocenters. The summed E-state index contributed by atoms with van der Waals surface area (Å²) < 4.78 is 43.7. The number of fused-ring (bicyclic) bond motifs is 1. The Hall–Kier alpha value is -3.75. The number of likely N-dealkylation sites (tertiary alicyclic amines) is 1. The number of hydrogen-bond acceptors (Lipinski definition) is 6. The first kappa shape index (κ1) is 23.0. The first-order valence-electron chi connectivity index (χ1n) is 11.6. The van der Waals surface area contributed by atoms with Crippen LogP contribution < -0.4 is 9.47 Å². The van der Waals surface area contributed by atoms with Gasteiger partial charge >= 0.3 is 0 Å². The summed E-state index contributed by atoms with van der Waals surface area (Å²) >= 11 is 0. The van der Waals surface area contributed by atoms with E-state index in [-0.39, 0.29) is 41.8 Å². The summed E-state index contributed by atoms with van der Waals surface area (Å²) in [4.78, 5) is 31.5. The molecule has 5 rings (SSSR count). The molecule has 35 heavy (non-hydrogen) atoms. The van der Waals surface area contributed by atoms with Gasteiger partial charge in [-0.3, -0.25) is 9.59 Å². The zero-order chi connectivity index (χ0) is 24.4. The van der Waals surface area contributed by atoms with Crippen molar-refractivity contribution in [2.45, 2.75) is 25.7 Å². The lowest BCUT2D eigenvalue weighted by molar-refractivity contribution is -0.132. The quantitative estimate of drug-likeness (QED) is 0.483. The van der Waals surface area contributed by atoms with Gasteiger partial charge in [-0.1, -0.05) is 0 Å². The fourth-order valence-corrected chi connectivity index (χ4v) is 4.44. The fourth-order valence-electron chi connectivity index (χ4n) is 4.44. The number of aryl methyl sites for hydroxylation is 1. The van der Waals surface area contributed by atoms with Gasteiger partial charge in [-0.15, -0.1) is 0 Å². The Bertz CT molecular complexity index is 1250. The summed E-state index contributed by atoms with van der Waals surface area (Å²) in [5.41, 5.74) is 0.706. The first-order chi connectivity index (χ1) is 17.0. The SMILES string of the molecule is O=C(c1ccc2c(c1)OCCO2)C1CCN(C(=O)CCc2ncc(-c3ccc(F)cc3F)o2)CC1. The van der Waals surface area contributed by atoms with E-state index in [2.05, 4.69) is 4.98 Å². The minimum atomic E-state index is -0.738. The molecule has 1 fully saturated rings. The number of benzene rings is 2. The molecule has 0 spiro atoms. The van der Waals surface area contributed by atoms with Crippen molar-refractivity contribution in [3.63, 3.8) is 0 Å². The molecule has 1 amide bonds. The Morgan fingerprint density at radius 3 is 2.54 bits per heavy atom. The molecule has 0 radical (unpaired) electrons. The second kappa shape index (κ2) is 9.85. The van der Waals surface area contributed by atoms with Crippen LogP contribution in [0.5, 0.6) is 11.5 Å². The summed E-state index contributed by atoms with van der Waals surface area (Å²) in [5.74, 6) is 0.162. The summed E-state index contributed by atoms with van der Waals surface area (Å²) in [6.45, 7) is 1.95. The minimum Gasteiger partial charge on any atom is -0.486 e.